The van der Waals surface area contributed by atoms with Crippen LogP contribution in [0.2, 0.25) is 5.02 Å². The highest BCUT2D eigenvalue weighted by molar-refractivity contribution is 6.30. The number of fused-ring (bicyclic) bond motifs is 1. The quantitative estimate of drug-likeness (QED) is 0.386. The number of para-hydroxylation sites is 2. The predicted molar refractivity (Wildman–Crippen MR) is 126 cm³/mol. The molecule has 0 spiro atoms. The molecule has 156 valence electrons. The van der Waals surface area contributed by atoms with Crippen molar-refractivity contribution in [3.05, 3.63) is 95.3 Å². The molecule has 2 heterocycles. The molecule has 0 N–H and O–H groups in total. The number of halogens is 1. The van der Waals surface area contributed by atoms with E-state index in [2.05, 4.69) is 47.0 Å². The highest BCUT2D eigenvalue weighted by atomic mass is 35.5. The molecule has 4 aromatic rings. The van der Waals surface area contributed by atoms with Gasteiger partial charge in [0.05, 0.1) is 11.0 Å². The van der Waals surface area contributed by atoms with Gasteiger partial charge in [-0.3, -0.25) is 4.79 Å². The minimum absolute atomic E-state index is 0.0654. The van der Waals surface area contributed by atoms with Crippen molar-refractivity contribution < 1.29 is 4.79 Å². The first-order chi connectivity index (χ1) is 15.2. The lowest BCUT2D eigenvalue weighted by Gasteiger charge is -2.17. The number of nitrogens with zero attached hydrogens (tertiary/aromatic N) is 3. The van der Waals surface area contributed by atoms with E-state index >= 15 is 0 Å². The number of anilines is 1. The Hall–Kier alpha value is -3.11. The number of hydrogen-bond acceptors (Lipinski definition) is 2. The summed E-state index contributed by atoms with van der Waals surface area (Å²) >= 11 is 6.16. The lowest BCUT2D eigenvalue weighted by molar-refractivity contribution is -0.117. The van der Waals surface area contributed by atoms with Gasteiger partial charge in [-0.1, -0.05) is 60.1 Å². The van der Waals surface area contributed by atoms with E-state index in [1.165, 1.54) is 5.56 Å². The molecule has 0 aliphatic carbocycles. The van der Waals surface area contributed by atoms with Gasteiger partial charge in [0.2, 0.25) is 5.91 Å². The van der Waals surface area contributed by atoms with E-state index in [1.807, 2.05) is 41.3 Å². The second-order valence-corrected chi connectivity index (χ2v) is 8.52. The van der Waals surface area contributed by atoms with Gasteiger partial charge in [-0.25, -0.2) is 4.98 Å². The second kappa shape index (κ2) is 8.56. The fourth-order valence-electron chi connectivity index (χ4n) is 4.50. The smallest absolute Gasteiger partial charge is 0.227 e. The average Bonchev–Trinajstić information content (AvgIpc) is 3.35. The lowest BCUT2D eigenvalue weighted by Crippen LogP contribution is -2.24. The zero-order chi connectivity index (χ0) is 21.2. The summed E-state index contributed by atoms with van der Waals surface area (Å²) in [7, 11) is 0. The molecule has 31 heavy (non-hydrogen) atoms. The van der Waals surface area contributed by atoms with Crippen molar-refractivity contribution in [2.24, 2.45) is 0 Å². The molecule has 1 amide bonds. The van der Waals surface area contributed by atoms with Gasteiger partial charge in [0.25, 0.3) is 0 Å². The van der Waals surface area contributed by atoms with Gasteiger partial charge in [-0.15, -0.1) is 0 Å². The Kier molecular flexibility index (Phi) is 5.47. The third kappa shape index (κ3) is 4.08. The monoisotopic (exact) mass is 429 g/mol. The molecule has 5 rings (SSSR count). The molecular formula is C26H24ClN3O. The van der Waals surface area contributed by atoms with E-state index in [-0.39, 0.29) is 11.8 Å². The number of amides is 1. The number of carbonyl (C=O) groups is 1. The predicted octanol–water partition coefficient (Wildman–Crippen LogP) is 5.84. The molecule has 3 aromatic carbocycles. The Balaban J connectivity index is 1.41. The number of imidazole rings is 1. The summed E-state index contributed by atoms with van der Waals surface area (Å²) in [6.07, 6.45) is 2.51. The Morgan fingerprint density at radius 2 is 1.77 bits per heavy atom. The van der Waals surface area contributed by atoms with Crippen LogP contribution in [0.1, 0.15) is 30.1 Å². The van der Waals surface area contributed by atoms with Crippen molar-refractivity contribution in [3.63, 3.8) is 0 Å². The maximum absolute atomic E-state index is 12.8. The van der Waals surface area contributed by atoms with E-state index in [0.29, 0.717) is 18.0 Å². The first-order valence-electron chi connectivity index (χ1n) is 10.7. The van der Waals surface area contributed by atoms with E-state index in [0.717, 1.165) is 41.9 Å². The van der Waals surface area contributed by atoms with Gasteiger partial charge in [-0.2, -0.15) is 0 Å². The van der Waals surface area contributed by atoms with E-state index in [9.17, 15) is 4.79 Å². The first kappa shape index (κ1) is 19.8. The van der Waals surface area contributed by atoms with Crippen molar-refractivity contribution >= 4 is 34.2 Å². The maximum atomic E-state index is 12.8. The van der Waals surface area contributed by atoms with Crippen LogP contribution in [0.15, 0.2) is 78.9 Å². The topological polar surface area (TPSA) is 38.1 Å². The van der Waals surface area contributed by atoms with Crippen LogP contribution in [0.3, 0.4) is 0 Å². The highest BCUT2D eigenvalue weighted by Crippen LogP contribution is 2.34. The van der Waals surface area contributed by atoms with Crippen LogP contribution in [-0.2, 0) is 17.8 Å². The Labute approximate surface area is 187 Å². The van der Waals surface area contributed by atoms with Crippen molar-refractivity contribution in [1.29, 1.82) is 0 Å². The van der Waals surface area contributed by atoms with Gasteiger partial charge in [0.1, 0.15) is 5.82 Å². The molecule has 0 saturated carbocycles. The zero-order valence-corrected chi connectivity index (χ0v) is 18.0. The minimum atomic E-state index is 0.0654. The third-order valence-corrected chi connectivity index (χ3v) is 6.22. The molecule has 1 aliphatic rings. The normalized spacial score (nSPS) is 16.4. The fourth-order valence-corrected chi connectivity index (χ4v) is 4.69. The molecule has 1 saturated heterocycles. The summed E-state index contributed by atoms with van der Waals surface area (Å²) in [5.74, 6) is 1.19. The van der Waals surface area contributed by atoms with Crippen LogP contribution in [0.25, 0.3) is 11.0 Å². The maximum Gasteiger partial charge on any atom is 0.227 e. The Morgan fingerprint density at radius 3 is 2.61 bits per heavy atom. The summed E-state index contributed by atoms with van der Waals surface area (Å²) in [5.41, 5.74) is 4.33. The second-order valence-electron chi connectivity index (χ2n) is 8.08. The van der Waals surface area contributed by atoms with E-state index in [1.54, 1.807) is 0 Å². The molecule has 5 heteroatoms. The van der Waals surface area contributed by atoms with Crippen LogP contribution in [-0.4, -0.2) is 22.0 Å². The molecule has 1 fully saturated rings. The largest absolute Gasteiger partial charge is 0.328 e. The van der Waals surface area contributed by atoms with Crippen molar-refractivity contribution in [1.82, 2.24) is 9.55 Å². The number of aryl methyl sites for hydroxylation is 2. The number of rotatable bonds is 6. The average molecular weight is 430 g/mol. The third-order valence-electron chi connectivity index (χ3n) is 5.98. The first-order valence-corrected chi connectivity index (χ1v) is 11.1. The molecule has 0 radical (unpaired) electrons. The van der Waals surface area contributed by atoms with Gasteiger partial charge in [0, 0.05) is 36.1 Å². The summed E-state index contributed by atoms with van der Waals surface area (Å²) in [6.45, 7) is 1.51. The fraction of sp³-hybridized carbons (Fsp3) is 0.231. The molecule has 1 aliphatic heterocycles. The van der Waals surface area contributed by atoms with E-state index < -0.39 is 0 Å². The van der Waals surface area contributed by atoms with Gasteiger partial charge in [-0.05, 0) is 48.7 Å². The standard InChI is InChI=1S/C26H24ClN3O/c27-21-11-6-12-22(17-21)30-18-20(16-25(30)31)26-28-23-13-4-5-14-24(23)29(26)15-7-10-19-8-2-1-3-9-19/h1-6,8-9,11-14,17,20H,7,10,15-16,18H2. The van der Waals surface area contributed by atoms with Crippen molar-refractivity contribution in [3.8, 4) is 0 Å². The van der Waals surface area contributed by atoms with Crippen LogP contribution < -0.4 is 4.90 Å². The van der Waals surface area contributed by atoms with Crippen molar-refractivity contribution in [2.75, 3.05) is 11.4 Å². The molecule has 0 bridgehead atoms. The van der Waals surface area contributed by atoms with Crippen LogP contribution >= 0.6 is 11.6 Å². The van der Waals surface area contributed by atoms with E-state index in [4.69, 9.17) is 16.6 Å². The SMILES string of the molecule is O=C1CC(c2nc3ccccc3n2CCCc2ccccc2)CN1c1cccc(Cl)c1. The van der Waals surface area contributed by atoms with Crippen LogP contribution in [0.5, 0.6) is 0 Å². The number of carbonyl (C=O) groups excluding carboxylic acids is 1. The van der Waals surface area contributed by atoms with Crippen LogP contribution in [0, 0.1) is 0 Å². The molecule has 1 atom stereocenters. The zero-order valence-electron chi connectivity index (χ0n) is 17.2. The van der Waals surface area contributed by atoms with Gasteiger partial charge < -0.3 is 9.47 Å². The molecule has 4 nitrogen and oxygen atoms in total. The Bertz CT molecular complexity index is 1220. The minimum Gasteiger partial charge on any atom is -0.328 e. The van der Waals surface area contributed by atoms with Crippen LogP contribution in [0.4, 0.5) is 5.69 Å². The summed E-state index contributed by atoms with van der Waals surface area (Å²) < 4.78 is 2.32. The summed E-state index contributed by atoms with van der Waals surface area (Å²) in [6, 6.07) is 26.3. The molecular weight excluding hydrogens is 406 g/mol. The highest BCUT2D eigenvalue weighted by Gasteiger charge is 2.34. The molecule has 1 unspecified atom stereocenters. The summed E-state index contributed by atoms with van der Waals surface area (Å²) in [4.78, 5) is 19.6. The lowest BCUT2D eigenvalue weighted by atomic mass is 10.1. The summed E-state index contributed by atoms with van der Waals surface area (Å²) in [5, 5.41) is 0.641. The Morgan fingerprint density at radius 1 is 0.968 bits per heavy atom. The number of benzene rings is 3. The number of hydrogen-bond donors (Lipinski definition) is 0. The van der Waals surface area contributed by atoms with Gasteiger partial charge in [0.15, 0.2) is 0 Å². The van der Waals surface area contributed by atoms with Gasteiger partial charge >= 0.3 is 0 Å². The number of aromatic nitrogens is 2. The molecule has 1 aromatic heterocycles. The van der Waals surface area contributed by atoms with Crippen molar-refractivity contribution in [2.45, 2.75) is 31.7 Å².